The lowest BCUT2D eigenvalue weighted by atomic mass is 9.81. The van der Waals surface area contributed by atoms with Gasteiger partial charge in [0.05, 0.1) is 29.0 Å². The zero-order chi connectivity index (χ0) is 23.1. The van der Waals surface area contributed by atoms with Crippen LogP contribution in [0.3, 0.4) is 0 Å². The fourth-order valence-corrected chi connectivity index (χ4v) is 5.54. The molecule has 1 N–H and O–H groups in total. The molecule has 7 nitrogen and oxygen atoms in total. The van der Waals surface area contributed by atoms with Crippen molar-refractivity contribution in [2.24, 2.45) is 16.9 Å². The minimum atomic E-state index is -3.46. The van der Waals surface area contributed by atoms with E-state index in [1.54, 1.807) is 31.2 Å². The Morgan fingerprint density at radius 3 is 2.12 bits per heavy atom. The first-order valence-corrected chi connectivity index (χ1v) is 13.5. The monoisotopic (exact) mass is 461 g/mol. The lowest BCUT2D eigenvalue weighted by Crippen LogP contribution is -2.30. The van der Waals surface area contributed by atoms with Gasteiger partial charge in [0.25, 0.3) is 0 Å². The van der Waals surface area contributed by atoms with Crippen LogP contribution in [0.25, 0.3) is 0 Å². The van der Waals surface area contributed by atoms with E-state index in [-0.39, 0.29) is 29.4 Å². The van der Waals surface area contributed by atoms with E-state index in [1.165, 1.54) is 17.7 Å². The summed E-state index contributed by atoms with van der Waals surface area (Å²) in [6.45, 7) is 3.88. The highest BCUT2D eigenvalue weighted by Crippen LogP contribution is 2.40. The van der Waals surface area contributed by atoms with Crippen LogP contribution >= 0.6 is 0 Å². The summed E-state index contributed by atoms with van der Waals surface area (Å²) >= 11 is 0. The predicted molar refractivity (Wildman–Crippen MR) is 127 cm³/mol. The number of rotatable bonds is 11. The number of carbonyl (C=O) groups is 2. The lowest BCUT2D eigenvalue weighted by Gasteiger charge is -2.19. The number of hydrogen-bond donors (Lipinski definition) is 1. The Labute approximate surface area is 191 Å². The molecule has 0 bridgehead atoms. The van der Waals surface area contributed by atoms with Gasteiger partial charge in [-0.1, -0.05) is 64.0 Å². The topological polar surface area (TPSA) is 95.9 Å². The molecule has 176 valence electrons. The van der Waals surface area contributed by atoms with Gasteiger partial charge in [0.1, 0.15) is 0 Å². The Kier molecular flexibility index (Phi) is 8.45. The molecule has 1 aromatic carbocycles. The van der Waals surface area contributed by atoms with E-state index >= 15 is 0 Å². The molecule has 1 aliphatic carbocycles. The lowest BCUT2D eigenvalue weighted by molar-refractivity contribution is -0.122. The summed E-state index contributed by atoms with van der Waals surface area (Å²) in [6.07, 6.45) is 9.66. The number of hydrogen-bond acceptors (Lipinski definition) is 5. The smallest absolute Gasteiger partial charge is 0.247 e. The van der Waals surface area contributed by atoms with Gasteiger partial charge in [-0.3, -0.25) is 14.5 Å². The fraction of sp³-hybridized carbons (Fsp3) is 0.625. The number of nitrogens with one attached hydrogen (secondary N) is 1. The third-order valence-corrected chi connectivity index (χ3v) is 7.70. The third-order valence-electron chi connectivity index (χ3n) is 6.50. The molecule has 2 fully saturated rings. The van der Waals surface area contributed by atoms with E-state index in [9.17, 15) is 18.0 Å². The number of hydrazone groups is 1. The number of benzene rings is 1. The maximum absolute atomic E-state index is 12.7. The standard InChI is InChI=1S/C24H35N3O4S/c1-3-4-5-6-7-10-17-32(30,31)26-25-18(2)19-13-15-20(16-14-19)27-23(28)21-11-8-9-12-22(21)24(27)29/h13-16,21-22,26H,3-12,17H2,1-2H3/b25-18-/t21-,22-/m0/s1. The summed E-state index contributed by atoms with van der Waals surface area (Å²) in [5.74, 6) is -0.489. The van der Waals surface area contributed by atoms with E-state index in [1.807, 2.05) is 0 Å². The molecular weight excluding hydrogens is 426 g/mol. The Hall–Kier alpha value is -2.22. The number of unbranched alkanes of at least 4 members (excludes halogenated alkanes) is 5. The van der Waals surface area contributed by atoms with Crippen molar-refractivity contribution >= 4 is 33.2 Å². The van der Waals surface area contributed by atoms with Crippen molar-refractivity contribution in [3.63, 3.8) is 0 Å². The molecule has 1 saturated heterocycles. The molecule has 0 unspecified atom stereocenters. The van der Waals surface area contributed by atoms with Crippen LogP contribution in [0.2, 0.25) is 0 Å². The van der Waals surface area contributed by atoms with Crippen LogP contribution in [-0.4, -0.2) is 31.7 Å². The van der Waals surface area contributed by atoms with Crippen LogP contribution in [0, 0.1) is 11.8 Å². The summed E-state index contributed by atoms with van der Waals surface area (Å²) in [7, 11) is -3.46. The highest BCUT2D eigenvalue weighted by molar-refractivity contribution is 7.89. The van der Waals surface area contributed by atoms with Gasteiger partial charge < -0.3 is 0 Å². The van der Waals surface area contributed by atoms with Crippen LogP contribution < -0.4 is 9.73 Å². The number of carbonyl (C=O) groups excluding carboxylic acids is 2. The van der Waals surface area contributed by atoms with Crippen molar-refractivity contribution < 1.29 is 18.0 Å². The number of amides is 2. The fourth-order valence-electron chi connectivity index (χ4n) is 4.59. The highest BCUT2D eigenvalue weighted by Gasteiger charge is 2.48. The average molecular weight is 462 g/mol. The van der Waals surface area contributed by atoms with Crippen molar-refractivity contribution in [2.75, 3.05) is 10.7 Å². The molecule has 0 radical (unpaired) electrons. The Morgan fingerprint density at radius 2 is 1.53 bits per heavy atom. The molecular formula is C24H35N3O4S. The average Bonchev–Trinajstić information content (AvgIpc) is 3.05. The van der Waals surface area contributed by atoms with Crippen LogP contribution in [-0.2, 0) is 19.6 Å². The molecule has 0 spiro atoms. The molecule has 1 aliphatic heterocycles. The van der Waals surface area contributed by atoms with Crippen molar-refractivity contribution in [2.45, 2.75) is 78.1 Å². The maximum atomic E-state index is 12.7. The highest BCUT2D eigenvalue weighted by atomic mass is 32.2. The summed E-state index contributed by atoms with van der Waals surface area (Å²) < 4.78 is 24.4. The Balaban J connectivity index is 1.56. The number of fused-ring (bicyclic) bond motifs is 1. The molecule has 3 rings (SSSR count). The summed E-state index contributed by atoms with van der Waals surface area (Å²) in [5, 5.41) is 4.04. The van der Waals surface area contributed by atoms with Crippen molar-refractivity contribution in [1.82, 2.24) is 4.83 Å². The molecule has 1 aromatic rings. The first-order chi connectivity index (χ1) is 15.3. The normalized spacial score (nSPS) is 21.7. The van der Waals surface area contributed by atoms with Gasteiger partial charge in [-0.2, -0.15) is 5.10 Å². The van der Waals surface area contributed by atoms with Gasteiger partial charge in [-0.25, -0.2) is 13.2 Å². The van der Waals surface area contributed by atoms with Crippen LogP contribution in [0.4, 0.5) is 5.69 Å². The molecule has 2 aliphatic rings. The SMILES string of the molecule is CCCCCCCCS(=O)(=O)N/N=C(/C)c1ccc(N2C(=O)[C@H]3CCCC[C@@H]3C2=O)cc1. The summed E-state index contributed by atoms with van der Waals surface area (Å²) in [5.41, 5.74) is 1.82. The number of imide groups is 1. The quantitative estimate of drug-likeness (QED) is 0.229. The van der Waals surface area contributed by atoms with Crippen molar-refractivity contribution in [3.8, 4) is 0 Å². The maximum Gasteiger partial charge on any atom is 0.247 e. The van der Waals surface area contributed by atoms with E-state index < -0.39 is 10.0 Å². The number of anilines is 1. The largest absolute Gasteiger partial charge is 0.274 e. The third kappa shape index (κ3) is 5.97. The van der Waals surface area contributed by atoms with Crippen LogP contribution in [0.15, 0.2) is 29.4 Å². The summed E-state index contributed by atoms with van der Waals surface area (Å²) in [4.78, 5) is 29.1. The van der Waals surface area contributed by atoms with E-state index in [2.05, 4.69) is 16.9 Å². The van der Waals surface area contributed by atoms with Crippen LogP contribution in [0.1, 0.15) is 83.6 Å². The Bertz CT molecular complexity index is 916. The van der Waals surface area contributed by atoms with Gasteiger partial charge in [0.15, 0.2) is 0 Å². The minimum Gasteiger partial charge on any atom is -0.274 e. The zero-order valence-corrected chi connectivity index (χ0v) is 20.0. The summed E-state index contributed by atoms with van der Waals surface area (Å²) in [6, 6.07) is 6.98. The van der Waals surface area contributed by atoms with Gasteiger partial charge in [0, 0.05) is 0 Å². The minimum absolute atomic E-state index is 0.0658. The number of sulfonamides is 1. The van der Waals surface area contributed by atoms with Gasteiger partial charge in [-0.15, -0.1) is 0 Å². The second-order valence-electron chi connectivity index (χ2n) is 8.93. The number of nitrogens with zero attached hydrogens (tertiary/aromatic N) is 2. The van der Waals surface area contributed by atoms with E-state index in [0.29, 0.717) is 17.8 Å². The molecule has 32 heavy (non-hydrogen) atoms. The van der Waals surface area contributed by atoms with Crippen molar-refractivity contribution in [1.29, 1.82) is 0 Å². The molecule has 1 heterocycles. The van der Waals surface area contributed by atoms with E-state index in [4.69, 9.17) is 0 Å². The predicted octanol–water partition coefficient (Wildman–Crippen LogP) is 4.37. The molecule has 2 amide bonds. The van der Waals surface area contributed by atoms with Crippen LogP contribution in [0.5, 0.6) is 0 Å². The second-order valence-corrected chi connectivity index (χ2v) is 10.8. The molecule has 1 saturated carbocycles. The molecule has 8 heteroatoms. The van der Waals surface area contributed by atoms with Gasteiger partial charge in [-0.05, 0) is 43.9 Å². The van der Waals surface area contributed by atoms with Gasteiger partial charge in [0.2, 0.25) is 21.8 Å². The van der Waals surface area contributed by atoms with E-state index in [0.717, 1.165) is 50.5 Å². The van der Waals surface area contributed by atoms with Crippen molar-refractivity contribution in [3.05, 3.63) is 29.8 Å². The first kappa shape index (κ1) is 24.4. The second kappa shape index (κ2) is 11.1. The first-order valence-electron chi connectivity index (χ1n) is 11.9. The van der Waals surface area contributed by atoms with Gasteiger partial charge >= 0.3 is 0 Å². The molecule has 2 atom stereocenters. The molecule has 0 aromatic heterocycles. The zero-order valence-electron chi connectivity index (χ0n) is 19.2. The Morgan fingerprint density at radius 1 is 0.969 bits per heavy atom.